The van der Waals surface area contributed by atoms with Gasteiger partial charge in [0.05, 0.1) is 11.9 Å². The molecule has 0 saturated carbocycles. The van der Waals surface area contributed by atoms with Crippen LogP contribution in [0.15, 0.2) is 11.0 Å². The van der Waals surface area contributed by atoms with Crippen molar-refractivity contribution in [3.63, 3.8) is 0 Å². The van der Waals surface area contributed by atoms with Crippen LogP contribution in [0.2, 0.25) is 5.02 Å². The van der Waals surface area contributed by atoms with Crippen molar-refractivity contribution in [1.82, 2.24) is 9.78 Å². The Labute approximate surface area is 118 Å². The van der Waals surface area contributed by atoms with Gasteiger partial charge < -0.3 is 10.6 Å². The van der Waals surface area contributed by atoms with E-state index >= 15 is 0 Å². The second kappa shape index (κ2) is 5.92. The molecule has 0 spiro atoms. The first-order chi connectivity index (χ1) is 9.04. The van der Waals surface area contributed by atoms with Crippen molar-refractivity contribution < 1.29 is 0 Å². The first-order valence-corrected chi connectivity index (χ1v) is 7.18. The van der Waals surface area contributed by atoms with Gasteiger partial charge in [-0.3, -0.25) is 4.79 Å². The van der Waals surface area contributed by atoms with Crippen molar-refractivity contribution in [2.24, 2.45) is 11.7 Å². The Balaban J connectivity index is 2.27. The topological polar surface area (TPSA) is 64.2 Å². The SMILES string of the molecule is CCn1ncc(N2CCCC(C(C)N)C2)c(Cl)c1=O. The summed E-state index contributed by atoms with van der Waals surface area (Å²) in [6, 6.07) is 0.158. The molecule has 0 amide bonds. The summed E-state index contributed by atoms with van der Waals surface area (Å²) in [6.45, 7) is 6.18. The van der Waals surface area contributed by atoms with Crippen LogP contribution >= 0.6 is 11.6 Å². The maximum absolute atomic E-state index is 12.0. The van der Waals surface area contributed by atoms with E-state index in [1.165, 1.54) is 4.68 Å². The summed E-state index contributed by atoms with van der Waals surface area (Å²) >= 11 is 6.19. The van der Waals surface area contributed by atoms with Gasteiger partial charge in [0, 0.05) is 25.7 Å². The van der Waals surface area contributed by atoms with Crippen LogP contribution in [0.4, 0.5) is 5.69 Å². The molecule has 1 aromatic rings. The summed E-state index contributed by atoms with van der Waals surface area (Å²) in [7, 11) is 0. The number of anilines is 1. The lowest BCUT2D eigenvalue weighted by Gasteiger charge is -2.36. The van der Waals surface area contributed by atoms with E-state index in [-0.39, 0.29) is 16.6 Å². The van der Waals surface area contributed by atoms with Crippen molar-refractivity contribution >= 4 is 17.3 Å². The number of nitrogens with two attached hydrogens (primary N) is 1. The van der Waals surface area contributed by atoms with E-state index in [4.69, 9.17) is 17.3 Å². The molecule has 106 valence electrons. The fourth-order valence-electron chi connectivity index (χ4n) is 2.56. The molecule has 2 rings (SSSR count). The molecule has 2 heterocycles. The highest BCUT2D eigenvalue weighted by molar-refractivity contribution is 6.33. The van der Waals surface area contributed by atoms with Crippen LogP contribution in [0.25, 0.3) is 0 Å². The number of rotatable bonds is 3. The van der Waals surface area contributed by atoms with Gasteiger partial charge in [-0.05, 0) is 32.6 Å². The smallest absolute Gasteiger partial charge is 0.287 e. The molecule has 2 atom stereocenters. The maximum Gasteiger partial charge on any atom is 0.287 e. The first-order valence-electron chi connectivity index (χ1n) is 6.80. The zero-order chi connectivity index (χ0) is 14.0. The minimum atomic E-state index is -0.218. The van der Waals surface area contributed by atoms with Gasteiger partial charge in [0.1, 0.15) is 5.02 Å². The quantitative estimate of drug-likeness (QED) is 0.913. The summed E-state index contributed by atoms with van der Waals surface area (Å²) in [6.07, 6.45) is 3.89. The van der Waals surface area contributed by atoms with Crippen molar-refractivity contribution in [3.8, 4) is 0 Å². The zero-order valence-electron chi connectivity index (χ0n) is 11.5. The second-order valence-electron chi connectivity index (χ2n) is 5.17. The zero-order valence-corrected chi connectivity index (χ0v) is 12.2. The van der Waals surface area contributed by atoms with Gasteiger partial charge in [-0.15, -0.1) is 0 Å². The highest BCUT2D eigenvalue weighted by Gasteiger charge is 2.25. The Hall–Kier alpha value is -1.07. The average molecular weight is 285 g/mol. The maximum atomic E-state index is 12.0. The van der Waals surface area contributed by atoms with E-state index in [2.05, 4.69) is 10.00 Å². The molecule has 19 heavy (non-hydrogen) atoms. The molecule has 1 aliphatic heterocycles. The number of nitrogens with zero attached hydrogens (tertiary/aromatic N) is 3. The first kappa shape index (κ1) is 14.3. The molecule has 5 nitrogen and oxygen atoms in total. The molecule has 1 aromatic heterocycles. The van der Waals surface area contributed by atoms with Gasteiger partial charge in [0.2, 0.25) is 0 Å². The molecular formula is C13H21ClN4O. The third kappa shape index (κ3) is 2.92. The molecule has 1 saturated heterocycles. The molecule has 0 aromatic carbocycles. The lowest BCUT2D eigenvalue weighted by atomic mass is 9.92. The lowest BCUT2D eigenvalue weighted by molar-refractivity contribution is 0.364. The summed E-state index contributed by atoms with van der Waals surface area (Å²) in [5, 5.41) is 4.42. The third-order valence-electron chi connectivity index (χ3n) is 3.81. The lowest BCUT2D eigenvalue weighted by Crippen LogP contribution is -2.43. The van der Waals surface area contributed by atoms with Crippen LogP contribution in [-0.4, -0.2) is 28.9 Å². The molecule has 2 unspecified atom stereocenters. The third-order valence-corrected chi connectivity index (χ3v) is 4.16. The van der Waals surface area contributed by atoms with Gasteiger partial charge in [-0.25, -0.2) is 4.68 Å². The molecule has 2 N–H and O–H groups in total. The van der Waals surface area contributed by atoms with E-state index < -0.39 is 0 Å². The number of aromatic nitrogens is 2. The highest BCUT2D eigenvalue weighted by Crippen LogP contribution is 2.27. The normalized spacial score (nSPS) is 21.5. The summed E-state index contributed by atoms with van der Waals surface area (Å²) in [5.74, 6) is 0.443. The fraction of sp³-hybridized carbons (Fsp3) is 0.692. The Kier molecular flexibility index (Phi) is 4.47. The Morgan fingerprint density at radius 3 is 3.00 bits per heavy atom. The van der Waals surface area contributed by atoms with Gasteiger partial charge in [0.25, 0.3) is 5.56 Å². The number of piperidine rings is 1. The molecule has 1 aliphatic rings. The molecule has 0 aliphatic carbocycles. The van der Waals surface area contributed by atoms with Gasteiger partial charge in [-0.2, -0.15) is 5.10 Å². The highest BCUT2D eigenvalue weighted by atomic mass is 35.5. The summed E-state index contributed by atoms with van der Waals surface area (Å²) in [5.41, 5.74) is 6.50. The molecule has 0 radical (unpaired) electrons. The van der Waals surface area contributed by atoms with Crippen LogP contribution < -0.4 is 16.2 Å². The van der Waals surface area contributed by atoms with E-state index in [0.717, 1.165) is 31.6 Å². The Morgan fingerprint density at radius 1 is 1.63 bits per heavy atom. The van der Waals surface area contributed by atoms with Crippen molar-refractivity contribution in [1.29, 1.82) is 0 Å². The summed E-state index contributed by atoms with van der Waals surface area (Å²) < 4.78 is 1.37. The molecular weight excluding hydrogens is 264 g/mol. The van der Waals surface area contributed by atoms with Crippen LogP contribution in [0, 0.1) is 5.92 Å². The standard InChI is InChI=1S/C13H21ClN4O/c1-3-18-13(19)12(14)11(7-16-18)17-6-4-5-10(8-17)9(2)15/h7,9-10H,3-6,8,15H2,1-2H3. The van der Waals surface area contributed by atoms with E-state index in [1.54, 1.807) is 6.20 Å². The predicted octanol–water partition coefficient (Wildman–Crippen LogP) is 1.48. The number of hydrogen-bond donors (Lipinski definition) is 1. The van der Waals surface area contributed by atoms with E-state index in [9.17, 15) is 4.79 Å². The average Bonchev–Trinajstić information content (AvgIpc) is 2.42. The van der Waals surface area contributed by atoms with E-state index in [1.807, 2.05) is 13.8 Å². The molecule has 0 bridgehead atoms. The van der Waals surface area contributed by atoms with Crippen molar-refractivity contribution in [3.05, 3.63) is 21.6 Å². The van der Waals surface area contributed by atoms with Crippen molar-refractivity contribution in [2.45, 2.75) is 39.3 Å². The Bertz CT molecular complexity index is 500. The Morgan fingerprint density at radius 2 is 2.37 bits per heavy atom. The number of hydrogen-bond acceptors (Lipinski definition) is 4. The monoisotopic (exact) mass is 284 g/mol. The van der Waals surface area contributed by atoms with Gasteiger partial charge >= 0.3 is 0 Å². The van der Waals surface area contributed by atoms with Crippen LogP contribution in [-0.2, 0) is 6.54 Å². The second-order valence-corrected chi connectivity index (χ2v) is 5.55. The minimum Gasteiger partial charge on any atom is -0.369 e. The predicted molar refractivity (Wildman–Crippen MR) is 77.8 cm³/mol. The molecule has 6 heteroatoms. The van der Waals surface area contributed by atoms with E-state index in [0.29, 0.717) is 12.5 Å². The fourth-order valence-corrected chi connectivity index (χ4v) is 2.83. The molecule has 1 fully saturated rings. The van der Waals surface area contributed by atoms with Gasteiger partial charge in [0.15, 0.2) is 0 Å². The van der Waals surface area contributed by atoms with Crippen LogP contribution in [0.1, 0.15) is 26.7 Å². The van der Waals surface area contributed by atoms with Crippen LogP contribution in [0.3, 0.4) is 0 Å². The number of halogens is 1. The largest absolute Gasteiger partial charge is 0.369 e. The summed E-state index contributed by atoms with van der Waals surface area (Å²) in [4.78, 5) is 14.1. The number of aryl methyl sites for hydroxylation is 1. The van der Waals surface area contributed by atoms with Crippen LogP contribution in [0.5, 0.6) is 0 Å². The minimum absolute atomic E-state index is 0.158. The van der Waals surface area contributed by atoms with Crippen molar-refractivity contribution in [2.75, 3.05) is 18.0 Å². The van der Waals surface area contributed by atoms with Gasteiger partial charge in [-0.1, -0.05) is 11.6 Å².